The lowest BCUT2D eigenvalue weighted by Gasteiger charge is -2.29. The van der Waals surface area contributed by atoms with Crippen molar-refractivity contribution in [2.45, 2.75) is 25.3 Å². The summed E-state index contributed by atoms with van der Waals surface area (Å²) in [5.41, 5.74) is 7.86. The summed E-state index contributed by atoms with van der Waals surface area (Å²) in [6.07, 6.45) is 5.22. The van der Waals surface area contributed by atoms with E-state index < -0.39 is 0 Å². The van der Waals surface area contributed by atoms with Gasteiger partial charge in [-0.15, -0.1) is 11.3 Å². The lowest BCUT2D eigenvalue weighted by atomic mass is 9.78. The van der Waals surface area contributed by atoms with Crippen molar-refractivity contribution in [1.29, 1.82) is 0 Å². The van der Waals surface area contributed by atoms with E-state index in [1.54, 1.807) is 11.7 Å². The van der Waals surface area contributed by atoms with Gasteiger partial charge in [-0.25, -0.2) is 0 Å². The highest BCUT2D eigenvalue weighted by atomic mass is 32.1. The molecule has 0 bridgehead atoms. The van der Waals surface area contributed by atoms with Gasteiger partial charge < -0.3 is 10.6 Å². The molecule has 1 aliphatic carbocycles. The average molecular weight is 251 g/mol. The van der Waals surface area contributed by atoms with Crippen LogP contribution in [0.2, 0.25) is 0 Å². The topological polar surface area (TPSA) is 59.2 Å². The van der Waals surface area contributed by atoms with E-state index in [0.717, 1.165) is 24.4 Å². The second-order valence-electron chi connectivity index (χ2n) is 5.09. The number of amides is 1. The van der Waals surface area contributed by atoms with Gasteiger partial charge in [0.05, 0.1) is 11.7 Å². The van der Waals surface area contributed by atoms with E-state index >= 15 is 0 Å². The van der Waals surface area contributed by atoms with Crippen LogP contribution in [0.5, 0.6) is 0 Å². The summed E-state index contributed by atoms with van der Waals surface area (Å²) in [7, 11) is 0. The zero-order valence-electron chi connectivity index (χ0n) is 9.71. The second-order valence-corrected chi connectivity index (χ2v) is 5.98. The fourth-order valence-corrected chi connectivity index (χ4v) is 3.75. The summed E-state index contributed by atoms with van der Waals surface area (Å²) in [6.45, 7) is 1.72. The first-order valence-corrected chi connectivity index (χ1v) is 7.07. The van der Waals surface area contributed by atoms with Crippen LogP contribution in [-0.2, 0) is 0 Å². The van der Waals surface area contributed by atoms with Gasteiger partial charge in [0, 0.05) is 19.1 Å². The second kappa shape index (κ2) is 4.38. The number of hydrogen-bond acceptors (Lipinski definition) is 4. The molecule has 1 aromatic heterocycles. The lowest BCUT2D eigenvalue weighted by Crippen LogP contribution is -2.38. The molecule has 0 radical (unpaired) electrons. The first kappa shape index (κ1) is 11.2. The van der Waals surface area contributed by atoms with E-state index in [0.29, 0.717) is 11.8 Å². The summed E-state index contributed by atoms with van der Waals surface area (Å²) < 4.78 is 0. The van der Waals surface area contributed by atoms with Crippen LogP contribution in [0.25, 0.3) is 0 Å². The van der Waals surface area contributed by atoms with Crippen molar-refractivity contribution in [3.63, 3.8) is 0 Å². The number of fused-ring (bicyclic) bond motifs is 1. The molecule has 92 valence electrons. The zero-order chi connectivity index (χ0) is 11.8. The van der Waals surface area contributed by atoms with Crippen molar-refractivity contribution in [3.8, 4) is 0 Å². The first-order valence-electron chi connectivity index (χ1n) is 6.19. The van der Waals surface area contributed by atoms with Gasteiger partial charge >= 0.3 is 0 Å². The van der Waals surface area contributed by atoms with Gasteiger partial charge in [-0.3, -0.25) is 9.78 Å². The quantitative estimate of drug-likeness (QED) is 0.819. The maximum absolute atomic E-state index is 12.2. The minimum absolute atomic E-state index is 0.133. The van der Waals surface area contributed by atoms with Crippen LogP contribution in [-0.4, -0.2) is 34.9 Å². The number of thiazole rings is 1. The number of likely N-dealkylation sites (tertiary alicyclic amines) is 1. The number of nitrogens with two attached hydrogens (primary N) is 1. The first-order chi connectivity index (χ1) is 8.25. The Labute approximate surface area is 105 Å². The molecular formula is C12H17N3OS. The van der Waals surface area contributed by atoms with Crippen LogP contribution < -0.4 is 5.73 Å². The van der Waals surface area contributed by atoms with Gasteiger partial charge in [-0.2, -0.15) is 0 Å². The number of carbonyl (C=O) groups is 1. The summed E-state index contributed by atoms with van der Waals surface area (Å²) >= 11 is 1.42. The number of hydrogen-bond donors (Lipinski definition) is 1. The molecule has 1 amide bonds. The molecule has 17 heavy (non-hydrogen) atoms. The number of carbonyl (C=O) groups excluding carboxylic acids is 1. The monoisotopic (exact) mass is 251 g/mol. The van der Waals surface area contributed by atoms with Gasteiger partial charge in [0.15, 0.2) is 0 Å². The smallest absolute Gasteiger partial charge is 0.265 e. The molecule has 2 heterocycles. The lowest BCUT2D eigenvalue weighted by molar-refractivity contribution is 0.0788. The van der Waals surface area contributed by atoms with Gasteiger partial charge in [0.25, 0.3) is 5.91 Å². The molecule has 5 heteroatoms. The summed E-state index contributed by atoms with van der Waals surface area (Å²) in [5, 5.41) is 0. The third-order valence-electron chi connectivity index (χ3n) is 4.08. The fraction of sp³-hybridized carbons (Fsp3) is 0.667. The van der Waals surface area contributed by atoms with Crippen molar-refractivity contribution in [2.24, 2.45) is 17.6 Å². The summed E-state index contributed by atoms with van der Waals surface area (Å²) in [6, 6.07) is 0.285. The standard InChI is InChI=1S/C12H17N3OS/c13-10-3-1-2-8-5-15(6-9(8)10)12(16)11-4-14-7-17-11/h4,7-10H,1-3,5-6,13H2. The Kier molecular flexibility index (Phi) is 2.88. The third-order valence-corrected chi connectivity index (χ3v) is 4.85. The SMILES string of the molecule is NC1CCCC2CN(C(=O)c3cncs3)CC12. The van der Waals surface area contributed by atoms with Crippen molar-refractivity contribution in [1.82, 2.24) is 9.88 Å². The van der Waals surface area contributed by atoms with Gasteiger partial charge in [0.2, 0.25) is 0 Å². The Morgan fingerprint density at radius 3 is 3.06 bits per heavy atom. The van der Waals surface area contributed by atoms with Crippen molar-refractivity contribution < 1.29 is 4.79 Å². The Balaban J connectivity index is 1.73. The van der Waals surface area contributed by atoms with E-state index in [1.165, 1.54) is 24.2 Å². The molecule has 3 unspecified atom stereocenters. The highest BCUT2D eigenvalue weighted by Crippen LogP contribution is 2.36. The Hall–Kier alpha value is -0.940. The van der Waals surface area contributed by atoms with E-state index in [4.69, 9.17) is 5.73 Å². The maximum Gasteiger partial charge on any atom is 0.265 e. The van der Waals surface area contributed by atoms with E-state index in [2.05, 4.69) is 4.98 Å². The van der Waals surface area contributed by atoms with E-state index in [-0.39, 0.29) is 11.9 Å². The largest absolute Gasteiger partial charge is 0.337 e. The molecule has 3 rings (SSSR count). The predicted molar refractivity (Wildman–Crippen MR) is 66.8 cm³/mol. The molecule has 1 aliphatic heterocycles. The van der Waals surface area contributed by atoms with Gasteiger partial charge in [-0.05, 0) is 24.7 Å². The molecule has 1 saturated heterocycles. The molecule has 3 atom stereocenters. The Bertz CT molecular complexity index is 406. The summed E-state index contributed by atoms with van der Waals surface area (Å²) in [4.78, 5) is 18.9. The number of rotatable bonds is 1. The van der Waals surface area contributed by atoms with Crippen molar-refractivity contribution >= 4 is 17.2 Å². The van der Waals surface area contributed by atoms with E-state index in [1.807, 2.05) is 4.90 Å². The van der Waals surface area contributed by atoms with Gasteiger partial charge in [0.1, 0.15) is 4.88 Å². The summed E-state index contributed by atoms with van der Waals surface area (Å²) in [5.74, 6) is 1.27. The normalized spacial score (nSPS) is 32.5. The van der Waals surface area contributed by atoms with E-state index in [9.17, 15) is 4.79 Å². The van der Waals surface area contributed by atoms with Crippen molar-refractivity contribution in [3.05, 3.63) is 16.6 Å². The molecule has 1 saturated carbocycles. The zero-order valence-corrected chi connectivity index (χ0v) is 10.5. The van der Waals surface area contributed by atoms with Crippen LogP contribution in [0.3, 0.4) is 0 Å². The molecular weight excluding hydrogens is 234 g/mol. The Morgan fingerprint density at radius 2 is 2.35 bits per heavy atom. The minimum Gasteiger partial charge on any atom is -0.337 e. The van der Waals surface area contributed by atoms with Gasteiger partial charge in [-0.1, -0.05) is 6.42 Å². The van der Waals surface area contributed by atoms with Crippen LogP contribution in [0.15, 0.2) is 11.7 Å². The van der Waals surface area contributed by atoms with Crippen LogP contribution in [0, 0.1) is 11.8 Å². The maximum atomic E-state index is 12.2. The molecule has 2 N–H and O–H groups in total. The molecule has 2 aliphatic rings. The molecule has 1 aromatic rings. The van der Waals surface area contributed by atoms with Crippen LogP contribution >= 0.6 is 11.3 Å². The number of aromatic nitrogens is 1. The molecule has 0 spiro atoms. The molecule has 0 aromatic carbocycles. The highest BCUT2D eigenvalue weighted by Gasteiger charge is 2.40. The highest BCUT2D eigenvalue weighted by molar-refractivity contribution is 7.11. The Morgan fingerprint density at radius 1 is 1.47 bits per heavy atom. The fourth-order valence-electron chi connectivity index (χ4n) is 3.16. The molecule has 2 fully saturated rings. The van der Waals surface area contributed by atoms with Crippen LogP contribution in [0.4, 0.5) is 0 Å². The number of nitrogens with zero attached hydrogens (tertiary/aromatic N) is 2. The average Bonchev–Trinajstić information content (AvgIpc) is 2.98. The van der Waals surface area contributed by atoms with Crippen molar-refractivity contribution in [2.75, 3.05) is 13.1 Å². The minimum atomic E-state index is 0.133. The third kappa shape index (κ3) is 1.98. The van der Waals surface area contributed by atoms with Crippen LogP contribution in [0.1, 0.15) is 28.9 Å². The molecule has 4 nitrogen and oxygen atoms in total. The predicted octanol–water partition coefficient (Wildman–Crippen LogP) is 1.34.